The van der Waals surface area contributed by atoms with Crippen LogP contribution in [0, 0.1) is 6.92 Å². The largest absolute Gasteiger partial charge is 0.482 e. The highest BCUT2D eigenvalue weighted by molar-refractivity contribution is 9.10. The third kappa shape index (κ3) is 16.1. The average Bonchev–Trinajstić information content (AvgIpc) is 3.03. The van der Waals surface area contributed by atoms with E-state index in [1.54, 1.807) is 18.2 Å². The van der Waals surface area contributed by atoms with Gasteiger partial charge in [0.25, 0.3) is 5.91 Å². The first kappa shape index (κ1) is 46.7. The molecule has 2 aromatic carbocycles. The van der Waals surface area contributed by atoms with E-state index in [0.717, 1.165) is 46.5 Å². The van der Waals surface area contributed by atoms with Crippen molar-refractivity contribution in [2.75, 3.05) is 50.5 Å². The smallest absolute Gasteiger partial charge is 0.258 e. The van der Waals surface area contributed by atoms with Crippen LogP contribution in [0.3, 0.4) is 0 Å². The van der Waals surface area contributed by atoms with Crippen LogP contribution in [0.1, 0.15) is 38.0 Å². The van der Waals surface area contributed by atoms with Crippen LogP contribution in [0.25, 0.3) is 0 Å². The summed E-state index contributed by atoms with van der Waals surface area (Å²) in [6, 6.07) is 13.5. The fourth-order valence-electron chi connectivity index (χ4n) is 5.26. The Balaban J connectivity index is 2.48. The van der Waals surface area contributed by atoms with E-state index in [1.807, 2.05) is 19.1 Å². The Kier molecular flexibility index (Phi) is 18.9. The number of carbonyl (C=O) groups excluding carboxylic acids is 1. The van der Waals surface area contributed by atoms with Crippen molar-refractivity contribution in [3.8, 4) is 11.5 Å². The lowest BCUT2D eigenvalue weighted by Crippen LogP contribution is -2.41. The zero-order valence-electron chi connectivity index (χ0n) is 33.1. The first-order valence-corrected chi connectivity index (χ1v) is 31.0. The number of sulfonamides is 1. The summed E-state index contributed by atoms with van der Waals surface area (Å²) in [5.74, 6) is 0.451. The number of hydrogen-bond acceptors (Lipinski definition) is 8. The average molecular weight is 883 g/mol. The number of anilines is 1. The van der Waals surface area contributed by atoms with Crippen molar-refractivity contribution < 1.29 is 36.6 Å². The van der Waals surface area contributed by atoms with Gasteiger partial charge in [0.1, 0.15) is 18.2 Å². The molecule has 2 rings (SSSR count). The second-order valence-electron chi connectivity index (χ2n) is 15.6. The monoisotopic (exact) mass is 880 g/mol. The number of amides is 1. The third-order valence-corrected chi connectivity index (χ3v) is 18.8. The number of benzene rings is 2. The third-order valence-electron chi connectivity index (χ3n) is 8.87. The van der Waals surface area contributed by atoms with Crippen molar-refractivity contribution in [1.82, 2.24) is 5.32 Å². The first-order chi connectivity index (χ1) is 24.1. The summed E-state index contributed by atoms with van der Waals surface area (Å²) >= 11 is 9.81. The molecule has 1 unspecified atom stereocenters. The highest BCUT2D eigenvalue weighted by atomic mass is 79.9. The molecule has 0 fully saturated rings. The van der Waals surface area contributed by atoms with Gasteiger partial charge in [0, 0.05) is 40.4 Å². The van der Waals surface area contributed by atoms with Gasteiger partial charge in [0.15, 0.2) is 21.7 Å². The fourth-order valence-corrected chi connectivity index (χ4v) is 11.4. The van der Waals surface area contributed by atoms with Crippen LogP contribution in [-0.4, -0.2) is 84.9 Å². The quantitative estimate of drug-likeness (QED) is 0.0631. The summed E-state index contributed by atoms with van der Waals surface area (Å²) in [4.78, 5) is 13.2. The molecule has 16 heteroatoms. The van der Waals surface area contributed by atoms with Crippen molar-refractivity contribution in [3.63, 3.8) is 0 Å². The van der Waals surface area contributed by atoms with Crippen molar-refractivity contribution in [1.29, 1.82) is 0 Å². The van der Waals surface area contributed by atoms with E-state index in [1.165, 1.54) is 4.31 Å². The van der Waals surface area contributed by atoms with Crippen molar-refractivity contribution >= 4 is 73.6 Å². The Morgan fingerprint density at radius 3 is 2.06 bits per heavy atom. The maximum atomic E-state index is 13.3. The molecule has 0 aliphatic rings. The maximum absolute atomic E-state index is 13.3. The lowest BCUT2D eigenvalue weighted by Gasteiger charge is -2.34. The number of aryl methyl sites for hydroxylation is 1. The van der Waals surface area contributed by atoms with Gasteiger partial charge in [-0.15, -0.1) is 0 Å². The van der Waals surface area contributed by atoms with Gasteiger partial charge in [0.2, 0.25) is 10.0 Å². The Morgan fingerprint density at radius 2 is 1.52 bits per heavy atom. The minimum Gasteiger partial charge on any atom is -0.482 e. The topological polar surface area (TPSA) is 113 Å². The number of halogens is 2. The van der Waals surface area contributed by atoms with Gasteiger partial charge in [-0.25, -0.2) is 12.7 Å². The zero-order chi connectivity index (χ0) is 39.3. The summed E-state index contributed by atoms with van der Waals surface area (Å²) < 4.78 is 59.4. The highest BCUT2D eigenvalue weighted by Crippen LogP contribution is 2.37. The Labute approximate surface area is 329 Å². The molecular formula is C36H62BrClN2O8SSi3. The summed E-state index contributed by atoms with van der Waals surface area (Å²) in [5, 5.41) is 3.39. The molecule has 2 aromatic rings. The molecule has 1 atom stereocenters. The molecule has 10 nitrogen and oxygen atoms in total. The molecule has 0 bridgehead atoms. The molecule has 0 radical (unpaired) electrons. The minimum atomic E-state index is -3.80. The molecule has 1 amide bonds. The van der Waals surface area contributed by atoms with Crippen LogP contribution < -0.4 is 19.1 Å². The van der Waals surface area contributed by atoms with Gasteiger partial charge in [-0.3, -0.25) is 4.79 Å². The number of rotatable bonds is 24. The van der Waals surface area contributed by atoms with Gasteiger partial charge in [-0.1, -0.05) is 93.7 Å². The molecule has 296 valence electrons. The van der Waals surface area contributed by atoms with Gasteiger partial charge in [-0.2, -0.15) is 0 Å². The molecular weight excluding hydrogens is 820 g/mol. The van der Waals surface area contributed by atoms with Crippen molar-refractivity contribution in [3.05, 3.63) is 51.0 Å². The Morgan fingerprint density at radius 1 is 0.923 bits per heavy atom. The first-order valence-electron chi connectivity index (χ1n) is 18.1. The number of hydrogen-bond donors (Lipinski definition) is 1. The van der Waals surface area contributed by atoms with Crippen LogP contribution in [0.5, 0.6) is 11.5 Å². The molecule has 52 heavy (non-hydrogen) atoms. The molecule has 0 saturated carbocycles. The van der Waals surface area contributed by atoms with Gasteiger partial charge >= 0.3 is 0 Å². The van der Waals surface area contributed by atoms with Crippen LogP contribution in [0.2, 0.25) is 74.5 Å². The summed E-state index contributed by atoms with van der Waals surface area (Å²) in [5.41, 5.74) is 1.83. The zero-order valence-corrected chi connectivity index (χ0v) is 39.3. The standard InChI is InChI=1S/C36H62BrClN2O8SSi3/c1-12-52(13-2,14-3)48-34(24-39-35(41)25-46-36-28(4)21-30(37)23-31(36)38)29-15-16-33(47-27-45-18-20-51(9,10)11)32(22-29)40(49(5,42)43)26-44-17-19-50(6,7)8/h15-16,21-23,34H,12-14,17-20,24-27H2,1-11H3,(H,39,41). The molecule has 0 heterocycles. The van der Waals surface area contributed by atoms with Crippen LogP contribution >= 0.6 is 27.5 Å². The van der Waals surface area contributed by atoms with E-state index in [2.05, 4.69) is 81.3 Å². The predicted molar refractivity (Wildman–Crippen MR) is 226 cm³/mol. The van der Waals surface area contributed by atoms with E-state index in [9.17, 15) is 13.2 Å². The van der Waals surface area contributed by atoms with Crippen molar-refractivity contribution in [2.45, 2.75) is 103 Å². The SMILES string of the molecule is CC[Si](CC)(CC)OC(CNC(=O)COc1c(C)cc(Br)cc1Cl)c1ccc(OCOCC[Si](C)(C)C)c(N(COCC[Si](C)(C)C)S(C)(=O)=O)c1. The molecule has 0 aliphatic heterocycles. The predicted octanol–water partition coefficient (Wildman–Crippen LogP) is 9.44. The maximum Gasteiger partial charge on any atom is 0.258 e. The van der Waals surface area contributed by atoms with Gasteiger partial charge in [-0.05, 0) is 72.5 Å². The van der Waals surface area contributed by atoms with E-state index in [0.29, 0.717) is 41.0 Å². The fraction of sp³-hybridized carbons (Fsp3) is 0.639. The van der Waals surface area contributed by atoms with Gasteiger partial charge in [0.05, 0.1) is 23.1 Å². The number of ether oxygens (including phenoxy) is 4. The Hall–Kier alpha value is -1.44. The Bertz CT molecular complexity index is 1520. The van der Waals surface area contributed by atoms with Crippen molar-refractivity contribution in [2.24, 2.45) is 0 Å². The number of carbonyl (C=O) groups is 1. The molecule has 0 aromatic heterocycles. The molecule has 0 spiro atoms. The second-order valence-corrected chi connectivity index (χ2v) is 34.8. The van der Waals surface area contributed by atoms with E-state index >= 15 is 0 Å². The molecule has 0 aliphatic carbocycles. The van der Waals surface area contributed by atoms with Gasteiger partial charge < -0.3 is 28.7 Å². The molecule has 1 N–H and O–H groups in total. The lowest BCUT2D eigenvalue weighted by molar-refractivity contribution is -0.123. The van der Waals surface area contributed by atoms with Crippen LogP contribution in [-0.2, 0) is 28.7 Å². The normalized spacial score (nSPS) is 13.2. The highest BCUT2D eigenvalue weighted by Gasteiger charge is 2.34. The van der Waals surface area contributed by atoms with E-state index < -0.39 is 40.6 Å². The van der Waals surface area contributed by atoms with E-state index in [4.69, 9.17) is 35.0 Å². The van der Waals surface area contributed by atoms with Crippen LogP contribution in [0.15, 0.2) is 34.8 Å². The second kappa shape index (κ2) is 21.0. The van der Waals surface area contributed by atoms with E-state index in [-0.39, 0.29) is 32.6 Å². The number of nitrogens with one attached hydrogen (secondary N) is 1. The lowest BCUT2D eigenvalue weighted by atomic mass is 10.1. The summed E-state index contributed by atoms with van der Waals surface area (Å²) in [6.07, 6.45) is 0.593. The molecule has 0 saturated heterocycles. The summed E-state index contributed by atoms with van der Waals surface area (Å²) in [6.45, 7) is 22.6. The number of nitrogens with zero attached hydrogens (tertiary/aromatic N) is 1. The summed E-state index contributed by atoms with van der Waals surface area (Å²) in [7, 11) is -8.73. The van der Waals surface area contributed by atoms with Crippen LogP contribution in [0.4, 0.5) is 5.69 Å². The minimum absolute atomic E-state index is 0.0275.